The van der Waals surface area contributed by atoms with Gasteiger partial charge in [0.2, 0.25) is 5.78 Å². The summed E-state index contributed by atoms with van der Waals surface area (Å²) in [5, 5.41) is 8.33. The molecule has 0 bridgehead atoms. The molecule has 0 aliphatic heterocycles. The topological polar surface area (TPSA) is 74.1 Å². The highest BCUT2D eigenvalue weighted by Gasteiger charge is 2.19. The third-order valence-corrected chi connectivity index (χ3v) is 4.42. The van der Waals surface area contributed by atoms with E-state index >= 15 is 0 Å². The first kappa shape index (κ1) is 16.4. The van der Waals surface area contributed by atoms with Crippen molar-refractivity contribution in [2.24, 2.45) is 0 Å². The third-order valence-electron chi connectivity index (χ3n) is 3.15. The predicted octanol–water partition coefficient (Wildman–Crippen LogP) is 3.33. The number of carbonyl (C=O) groups is 2. The lowest BCUT2D eigenvalue weighted by molar-refractivity contribution is 0.0468. The molecule has 0 spiro atoms. The Morgan fingerprint density at radius 2 is 1.92 bits per heavy atom. The fraction of sp³-hybridized carbons (Fsp3) is 0.125. The molecule has 6 nitrogen and oxygen atoms in total. The number of Topliss-reactive ketones (excluding diaryl/α,β-unsaturated/α-hetero) is 1. The minimum Gasteiger partial charge on any atom is -0.452 e. The van der Waals surface area contributed by atoms with Gasteiger partial charge in [0.25, 0.3) is 0 Å². The van der Waals surface area contributed by atoms with Crippen molar-refractivity contribution >= 4 is 34.7 Å². The van der Waals surface area contributed by atoms with Crippen LogP contribution >= 0.6 is 22.9 Å². The summed E-state index contributed by atoms with van der Waals surface area (Å²) in [6, 6.07) is 12.4. The SMILES string of the molecule is Cc1nn(-c2ccccc2)nc1C(=O)OCC(=O)c1ccc(Cl)s1. The zero-order chi connectivity index (χ0) is 17.1. The second kappa shape index (κ2) is 6.94. The molecule has 8 heteroatoms. The highest BCUT2D eigenvalue weighted by molar-refractivity contribution is 7.18. The minimum absolute atomic E-state index is 0.0795. The number of aromatic nitrogens is 3. The van der Waals surface area contributed by atoms with Crippen LogP contribution in [-0.4, -0.2) is 33.4 Å². The molecule has 3 aromatic rings. The molecule has 122 valence electrons. The average Bonchev–Trinajstić information content (AvgIpc) is 3.19. The van der Waals surface area contributed by atoms with E-state index in [2.05, 4.69) is 10.2 Å². The number of rotatable bonds is 5. The Hall–Kier alpha value is -2.51. The van der Waals surface area contributed by atoms with Gasteiger partial charge in [-0.2, -0.15) is 9.90 Å². The number of para-hydroxylation sites is 1. The summed E-state index contributed by atoms with van der Waals surface area (Å²) >= 11 is 6.92. The van der Waals surface area contributed by atoms with Crippen molar-refractivity contribution in [3.8, 4) is 5.69 Å². The van der Waals surface area contributed by atoms with E-state index < -0.39 is 5.97 Å². The van der Waals surface area contributed by atoms with Crippen molar-refractivity contribution in [1.82, 2.24) is 15.0 Å². The first-order valence-corrected chi connectivity index (χ1v) is 8.19. The van der Waals surface area contributed by atoms with Crippen molar-refractivity contribution in [3.05, 3.63) is 63.1 Å². The lowest BCUT2D eigenvalue weighted by Gasteiger charge is -2.01. The highest BCUT2D eigenvalue weighted by atomic mass is 35.5. The second-order valence-corrected chi connectivity index (χ2v) is 6.58. The number of aryl methyl sites for hydroxylation is 1. The normalized spacial score (nSPS) is 10.6. The largest absolute Gasteiger partial charge is 0.452 e. The highest BCUT2D eigenvalue weighted by Crippen LogP contribution is 2.21. The summed E-state index contributed by atoms with van der Waals surface area (Å²) in [6.07, 6.45) is 0. The van der Waals surface area contributed by atoms with Gasteiger partial charge < -0.3 is 4.74 Å². The zero-order valence-corrected chi connectivity index (χ0v) is 14.2. The Kier molecular flexibility index (Phi) is 4.73. The van der Waals surface area contributed by atoms with Gasteiger partial charge in [0.05, 0.1) is 20.6 Å². The van der Waals surface area contributed by atoms with Crippen LogP contribution in [0.2, 0.25) is 4.34 Å². The van der Waals surface area contributed by atoms with E-state index in [4.69, 9.17) is 16.3 Å². The molecule has 2 heterocycles. The van der Waals surface area contributed by atoms with Crippen LogP contribution in [0.1, 0.15) is 25.9 Å². The molecular weight excluding hydrogens is 350 g/mol. The van der Waals surface area contributed by atoms with Crippen LogP contribution in [0.3, 0.4) is 0 Å². The van der Waals surface area contributed by atoms with E-state index in [0.29, 0.717) is 14.9 Å². The van der Waals surface area contributed by atoms with Gasteiger partial charge >= 0.3 is 5.97 Å². The first-order chi connectivity index (χ1) is 11.5. The number of hydrogen-bond acceptors (Lipinski definition) is 6. The number of benzene rings is 1. The van der Waals surface area contributed by atoms with Crippen molar-refractivity contribution in [2.75, 3.05) is 6.61 Å². The molecule has 0 fully saturated rings. The fourth-order valence-electron chi connectivity index (χ4n) is 1.98. The lowest BCUT2D eigenvalue weighted by Crippen LogP contribution is -2.14. The van der Waals surface area contributed by atoms with Crippen LogP contribution < -0.4 is 0 Å². The summed E-state index contributed by atoms with van der Waals surface area (Å²) in [5.41, 5.74) is 1.23. The molecule has 24 heavy (non-hydrogen) atoms. The second-order valence-electron chi connectivity index (χ2n) is 4.86. The van der Waals surface area contributed by atoms with Gasteiger partial charge in [-0.15, -0.1) is 16.4 Å². The van der Waals surface area contributed by atoms with E-state index in [-0.39, 0.29) is 18.1 Å². The molecule has 0 atom stereocenters. The third kappa shape index (κ3) is 3.52. The van der Waals surface area contributed by atoms with Crippen LogP contribution in [0.4, 0.5) is 0 Å². The maximum Gasteiger partial charge on any atom is 0.361 e. The van der Waals surface area contributed by atoms with E-state index in [0.717, 1.165) is 17.0 Å². The number of carbonyl (C=O) groups excluding carboxylic acids is 2. The van der Waals surface area contributed by atoms with Gasteiger partial charge in [-0.25, -0.2) is 4.79 Å². The Morgan fingerprint density at radius 1 is 1.17 bits per heavy atom. The molecule has 0 aliphatic rings. The summed E-state index contributed by atoms with van der Waals surface area (Å²) in [4.78, 5) is 25.9. The smallest absolute Gasteiger partial charge is 0.361 e. The predicted molar refractivity (Wildman–Crippen MR) is 90.0 cm³/mol. The molecule has 0 saturated carbocycles. The van der Waals surface area contributed by atoms with Gasteiger partial charge in [0.1, 0.15) is 0 Å². The van der Waals surface area contributed by atoms with Crippen LogP contribution in [0.5, 0.6) is 0 Å². The molecule has 2 aromatic heterocycles. The van der Waals surface area contributed by atoms with Gasteiger partial charge in [0.15, 0.2) is 12.3 Å². The number of nitrogens with zero attached hydrogens (tertiary/aromatic N) is 3. The molecule has 1 aromatic carbocycles. The van der Waals surface area contributed by atoms with Crippen LogP contribution in [0, 0.1) is 6.92 Å². The van der Waals surface area contributed by atoms with E-state index in [1.807, 2.05) is 30.3 Å². The summed E-state index contributed by atoms with van der Waals surface area (Å²) < 4.78 is 5.55. The Bertz CT molecular complexity index is 889. The molecule has 0 N–H and O–H groups in total. The van der Waals surface area contributed by atoms with Crippen molar-refractivity contribution < 1.29 is 14.3 Å². The number of ether oxygens (including phenoxy) is 1. The standard InChI is InChI=1S/C16H12ClN3O3S/c1-10-15(19-20(18-10)11-5-3-2-4-6-11)16(22)23-9-12(21)13-7-8-14(17)24-13/h2-8H,9H2,1H3. The summed E-state index contributed by atoms with van der Waals surface area (Å²) in [5.74, 6) is -1.00. The minimum atomic E-state index is -0.689. The number of thiophene rings is 1. The number of halogens is 1. The van der Waals surface area contributed by atoms with Crippen LogP contribution in [0.25, 0.3) is 5.69 Å². The Labute approximate surface area is 146 Å². The fourth-order valence-corrected chi connectivity index (χ4v) is 2.95. The van der Waals surface area contributed by atoms with Gasteiger partial charge in [-0.1, -0.05) is 29.8 Å². The monoisotopic (exact) mass is 361 g/mol. The molecule has 0 radical (unpaired) electrons. The number of esters is 1. The van der Waals surface area contributed by atoms with Gasteiger partial charge in [0, 0.05) is 0 Å². The molecule has 0 amide bonds. The van der Waals surface area contributed by atoms with E-state index in [1.54, 1.807) is 19.1 Å². The molecular formula is C16H12ClN3O3S. The maximum atomic E-state index is 12.1. The zero-order valence-electron chi connectivity index (χ0n) is 12.6. The van der Waals surface area contributed by atoms with Gasteiger partial charge in [-0.3, -0.25) is 4.79 Å². The van der Waals surface area contributed by atoms with Crippen molar-refractivity contribution in [2.45, 2.75) is 6.92 Å². The lowest BCUT2D eigenvalue weighted by atomic mass is 10.3. The van der Waals surface area contributed by atoms with E-state index in [9.17, 15) is 9.59 Å². The maximum absolute atomic E-state index is 12.1. The molecule has 0 unspecified atom stereocenters. The van der Waals surface area contributed by atoms with Crippen LogP contribution in [-0.2, 0) is 4.74 Å². The average molecular weight is 362 g/mol. The number of ketones is 1. The quantitative estimate of drug-likeness (QED) is 0.514. The number of hydrogen-bond donors (Lipinski definition) is 0. The van der Waals surface area contributed by atoms with Crippen molar-refractivity contribution in [1.29, 1.82) is 0 Å². The molecule has 0 aliphatic carbocycles. The molecule has 3 rings (SSSR count). The van der Waals surface area contributed by atoms with Gasteiger partial charge in [-0.05, 0) is 31.2 Å². The van der Waals surface area contributed by atoms with E-state index in [1.165, 1.54) is 4.80 Å². The summed E-state index contributed by atoms with van der Waals surface area (Å²) in [7, 11) is 0. The Balaban J connectivity index is 1.69. The van der Waals surface area contributed by atoms with Crippen LogP contribution in [0.15, 0.2) is 42.5 Å². The summed E-state index contributed by atoms with van der Waals surface area (Å²) in [6.45, 7) is 1.29. The first-order valence-electron chi connectivity index (χ1n) is 6.99. The van der Waals surface area contributed by atoms with Crippen molar-refractivity contribution in [3.63, 3.8) is 0 Å². The Morgan fingerprint density at radius 3 is 2.58 bits per heavy atom. The molecule has 0 saturated heterocycles.